The average molecular weight is 304 g/mol. The summed E-state index contributed by atoms with van der Waals surface area (Å²) in [4.78, 5) is 18.8. The lowest BCUT2D eigenvalue weighted by molar-refractivity contribution is 0.0992. The summed E-state index contributed by atoms with van der Waals surface area (Å²) in [6, 6.07) is 9.35. The van der Waals surface area contributed by atoms with Gasteiger partial charge in [-0.1, -0.05) is 30.3 Å². The Bertz CT molecular complexity index is 569. The first-order valence-corrected chi connectivity index (χ1v) is 7.81. The van der Waals surface area contributed by atoms with Crippen molar-refractivity contribution >= 4 is 22.3 Å². The number of aromatic nitrogens is 1. The monoisotopic (exact) mass is 304 g/mol. The minimum atomic E-state index is 0.106. The molecule has 0 radical (unpaired) electrons. The van der Waals surface area contributed by atoms with E-state index in [1.807, 2.05) is 42.8 Å². The van der Waals surface area contributed by atoms with E-state index in [2.05, 4.69) is 9.88 Å². The van der Waals surface area contributed by atoms with Gasteiger partial charge in [-0.3, -0.25) is 4.79 Å². The summed E-state index contributed by atoms with van der Waals surface area (Å²) in [5.41, 5.74) is 1.57. The van der Waals surface area contributed by atoms with Crippen molar-refractivity contribution in [2.45, 2.75) is 12.8 Å². The van der Waals surface area contributed by atoms with Crippen molar-refractivity contribution in [2.75, 3.05) is 32.2 Å². The summed E-state index contributed by atoms with van der Waals surface area (Å²) < 4.78 is 5.05. The van der Waals surface area contributed by atoms with E-state index in [-0.39, 0.29) is 5.78 Å². The highest BCUT2D eigenvalue weighted by molar-refractivity contribution is 7.13. The molecule has 5 heteroatoms. The van der Waals surface area contributed by atoms with Crippen LogP contribution in [0.25, 0.3) is 0 Å². The van der Waals surface area contributed by atoms with Crippen LogP contribution < -0.4 is 4.90 Å². The first-order chi connectivity index (χ1) is 10.2. The molecule has 0 bridgehead atoms. The van der Waals surface area contributed by atoms with Crippen LogP contribution in [0, 0.1) is 0 Å². The molecule has 0 fully saturated rings. The van der Waals surface area contributed by atoms with Gasteiger partial charge in [0.25, 0.3) is 0 Å². The first-order valence-electron chi connectivity index (χ1n) is 6.93. The van der Waals surface area contributed by atoms with E-state index in [0.29, 0.717) is 6.42 Å². The highest BCUT2D eigenvalue weighted by Gasteiger charge is 2.11. The molecular weight excluding hydrogens is 284 g/mol. The fraction of sp³-hybridized carbons (Fsp3) is 0.375. The Morgan fingerprint density at radius 1 is 1.33 bits per heavy atom. The van der Waals surface area contributed by atoms with E-state index in [9.17, 15) is 4.79 Å². The van der Waals surface area contributed by atoms with Crippen molar-refractivity contribution in [3.63, 3.8) is 0 Å². The molecule has 1 aromatic heterocycles. The molecule has 112 valence electrons. The van der Waals surface area contributed by atoms with Crippen LogP contribution in [0.15, 0.2) is 35.7 Å². The van der Waals surface area contributed by atoms with Gasteiger partial charge in [-0.05, 0) is 6.42 Å². The van der Waals surface area contributed by atoms with Crippen LogP contribution in [0.4, 0.5) is 5.13 Å². The van der Waals surface area contributed by atoms with Crippen LogP contribution in [0.3, 0.4) is 0 Å². The number of anilines is 1. The van der Waals surface area contributed by atoms with E-state index in [1.165, 1.54) is 0 Å². The van der Waals surface area contributed by atoms with Gasteiger partial charge in [-0.2, -0.15) is 0 Å². The summed E-state index contributed by atoms with van der Waals surface area (Å²) in [7, 11) is 3.72. The second-order valence-corrected chi connectivity index (χ2v) is 5.69. The third-order valence-electron chi connectivity index (χ3n) is 3.15. The van der Waals surface area contributed by atoms with Crippen LogP contribution in [0.5, 0.6) is 0 Å². The zero-order chi connectivity index (χ0) is 15.1. The highest BCUT2D eigenvalue weighted by atomic mass is 32.1. The first kappa shape index (κ1) is 15.7. The quantitative estimate of drug-likeness (QED) is 0.555. The number of carbonyl (C=O) groups is 1. The number of hydrogen-bond acceptors (Lipinski definition) is 5. The van der Waals surface area contributed by atoms with Gasteiger partial charge >= 0.3 is 0 Å². The normalized spacial score (nSPS) is 10.6. The van der Waals surface area contributed by atoms with Gasteiger partial charge < -0.3 is 9.64 Å². The fourth-order valence-corrected chi connectivity index (χ4v) is 2.80. The van der Waals surface area contributed by atoms with Gasteiger partial charge in [0, 0.05) is 38.3 Å². The molecule has 0 aliphatic heterocycles. The lowest BCUT2D eigenvalue weighted by atomic mass is 10.1. The minimum absolute atomic E-state index is 0.106. The average Bonchev–Trinajstić information content (AvgIpc) is 2.97. The molecule has 0 N–H and O–H groups in total. The fourth-order valence-electron chi connectivity index (χ4n) is 1.99. The highest BCUT2D eigenvalue weighted by Crippen LogP contribution is 2.20. The Morgan fingerprint density at radius 2 is 2.10 bits per heavy atom. The van der Waals surface area contributed by atoms with Crippen LogP contribution in [0.2, 0.25) is 0 Å². The van der Waals surface area contributed by atoms with Crippen molar-refractivity contribution in [1.82, 2.24) is 4.98 Å². The van der Waals surface area contributed by atoms with Gasteiger partial charge in [0.2, 0.25) is 0 Å². The van der Waals surface area contributed by atoms with Crippen molar-refractivity contribution in [2.24, 2.45) is 0 Å². The molecule has 0 aliphatic rings. The predicted molar refractivity (Wildman–Crippen MR) is 86.4 cm³/mol. The molecule has 0 aliphatic carbocycles. The lowest BCUT2D eigenvalue weighted by Crippen LogP contribution is -2.19. The number of nitrogens with zero attached hydrogens (tertiary/aromatic N) is 2. The summed E-state index contributed by atoms with van der Waals surface area (Å²) in [6.07, 6.45) is 1.32. The molecule has 1 heterocycles. The number of ketones is 1. The molecule has 0 amide bonds. The molecule has 0 atom stereocenters. The van der Waals surface area contributed by atoms with E-state index in [4.69, 9.17) is 4.74 Å². The SMILES string of the molecule is COCCCN(C)c1nc(CC(=O)c2ccccc2)cs1. The van der Waals surface area contributed by atoms with Crippen LogP contribution in [-0.2, 0) is 11.2 Å². The Hall–Kier alpha value is -1.72. The van der Waals surface area contributed by atoms with Crippen molar-refractivity contribution in [3.05, 3.63) is 47.0 Å². The smallest absolute Gasteiger partial charge is 0.185 e. The molecule has 21 heavy (non-hydrogen) atoms. The van der Waals surface area contributed by atoms with Crippen LogP contribution in [0.1, 0.15) is 22.5 Å². The molecule has 1 aromatic carbocycles. The molecule has 2 aromatic rings. The molecular formula is C16H20N2O2S. The van der Waals surface area contributed by atoms with E-state index >= 15 is 0 Å². The predicted octanol–water partition coefficient (Wildman–Crippen LogP) is 3.04. The largest absolute Gasteiger partial charge is 0.385 e. The number of ether oxygens (including phenoxy) is 1. The second-order valence-electron chi connectivity index (χ2n) is 4.86. The zero-order valence-corrected chi connectivity index (χ0v) is 13.2. The van der Waals surface area contributed by atoms with Gasteiger partial charge in [0.15, 0.2) is 10.9 Å². The summed E-state index contributed by atoms with van der Waals surface area (Å²) in [5, 5.41) is 2.91. The van der Waals surface area contributed by atoms with Crippen molar-refractivity contribution in [1.29, 1.82) is 0 Å². The zero-order valence-electron chi connectivity index (χ0n) is 12.4. The number of thiazole rings is 1. The molecule has 0 saturated heterocycles. The van der Waals surface area contributed by atoms with Gasteiger partial charge in [0.05, 0.1) is 12.1 Å². The van der Waals surface area contributed by atoms with Crippen LogP contribution in [-0.4, -0.2) is 38.1 Å². The molecule has 0 unspecified atom stereocenters. The Balaban J connectivity index is 1.92. The number of benzene rings is 1. The number of carbonyl (C=O) groups excluding carboxylic acids is 1. The maximum atomic E-state index is 12.1. The van der Waals surface area contributed by atoms with Gasteiger partial charge in [-0.15, -0.1) is 11.3 Å². The van der Waals surface area contributed by atoms with E-state index in [1.54, 1.807) is 18.4 Å². The van der Waals surface area contributed by atoms with Crippen molar-refractivity contribution < 1.29 is 9.53 Å². The molecule has 4 nitrogen and oxygen atoms in total. The van der Waals surface area contributed by atoms with Gasteiger partial charge in [0.1, 0.15) is 0 Å². The topological polar surface area (TPSA) is 42.4 Å². The second kappa shape index (κ2) is 7.90. The minimum Gasteiger partial charge on any atom is -0.385 e. The summed E-state index contributed by atoms with van der Waals surface area (Å²) in [5.74, 6) is 0.106. The number of Topliss-reactive ketones (excluding diaryl/α,β-unsaturated/α-hetero) is 1. The number of methoxy groups -OCH3 is 1. The van der Waals surface area contributed by atoms with Gasteiger partial charge in [-0.25, -0.2) is 4.98 Å². The Kier molecular flexibility index (Phi) is 5.90. The van der Waals surface area contributed by atoms with Crippen LogP contribution >= 0.6 is 11.3 Å². The molecule has 0 saturated carbocycles. The summed E-state index contributed by atoms with van der Waals surface area (Å²) >= 11 is 1.57. The standard InChI is InChI=1S/C16H20N2O2S/c1-18(9-6-10-20-2)16-17-14(12-21-16)11-15(19)13-7-4-3-5-8-13/h3-5,7-8,12H,6,9-11H2,1-2H3. The molecule has 2 rings (SSSR count). The maximum Gasteiger partial charge on any atom is 0.185 e. The van der Waals surface area contributed by atoms with E-state index < -0.39 is 0 Å². The Labute approximate surface area is 129 Å². The third kappa shape index (κ3) is 4.65. The Morgan fingerprint density at radius 3 is 2.81 bits per heavy atom. The maximum absolute atomic E-state index is 12.1. The van der Waals surface area contributed by atoms with Crippen molar-refractivity contribution in [3.8, 4) is 0 Å². The number of rotatable bonds is 8. The lowest BCUT2D eigenvalue weighted by Gasteiger charge is -2.14. The summed E-state index contributed by atoms with van der Waals surface area (Å²) in [6.45, 7) is 1.64. The molecule has 0 spiro atoms. The third-order valence-corrected chi connectivity index (χ3v) is 4.15. The number of hydrogen-bond donors (Lipinski definition) is 0. The van der Waals surface area contributed by atoms with E-state index in [0.717, 1.165) is 36.0 Å².